The van der Waals surface area contributed by atoms with Crippen molar-refractivity contribution in [2.45, 2.75) is 12.8 Å². The van der Waals surface area contributed by atoms with Crippen LogP contribution in [0.2, 0.25) is 0 Å². The smallest absolute Gasteiger partial charge is 0.338 e. The van der Waals surface area contributed by atoms with Gasteiger partial charge in [0.25, 0.3) is 0 Å². The average Bonchev–Trinajstić information content (AvgIpc) is 2.57. The van der Waals surface area contributed by atoms with Gasteiger partial charge in [-0.2, -0.15) is 0 Å². The summed E-state index contributed by atoms with van der Waals surface area (Å²) in [7, 11) is 2.65. The largest absolute Gasteiger partial charge is 0.493 e. The van der Waals surface area contributed by atoms with Crippen molar-refractivity contribution < 1.29 is 19.0 Å². The fraction of sp³-hybridized carbons (Fsp3) is 0.462. The van der Waals surface area contributed by atoms with Crippen molar-refractivity contribution in [1.29, 1.82) is 0 Å². The van der Waals surface area contributed by atoms with E-state index in [-0.39, 0.29) is 11.3 Å². The second kappa shape index (κ2) is 9.78. The highest BCUT2D eigenvalue weighted by Gasteiger charge is 2.17. The minimum Gasteiger partial charge on any atom is -0.493 e. The van der Waals surface area contributed by atoms with Crippen LogP contribution in [-0.2, 0) is 4.74 Å². The Balaban J connectivity index is 2.93. The zero-order valence-corrected chi connectivity index (χ0v) is 12.8. The Labute approximate surface area is 132 Å². The fourth-order valence-electron chi connectivity index (χ4n) is 1.74. The number of methoxy groups -OCH3 is 2. The van der Waals surface area contributed by atoms with Gasteiger partial charge < -0.3 is 14.2 Å². The molecule has 1 rings (SSSR count). The topological polar surface area (TPSA) is 142 Å². The highest BCUT2D eigenvalue weighted by molar-refractivity contribution is 5.95. The quantitative estimate of drug-likeness (QED) is 0.223. The number of nitrogens with zero attached hydrogens (tertiary/aromatic N) is 6. The van der Waals surface area contributed by atoms with Crippen LogP contribution in [0.25, 0.3) is 20.9 Å². The molecule has 0 heterocycles. The molecule has 23 heavy (non-hydrogen) atoms. The first-order valence-corrected chi connectivity index (χ1v) is 6.67. The number of hydrogen-bond acceptors (Lipinski definition) is 6. The molecule has 0 radical (unpaired) electrons. The van der Waals surface area contributed by atoms with Crippen molar-refractivity contribution >= 4 is 11.7 Å². The molecule has 0 aromatic heterocycles. The molecule has 122 valence electrons. The van der Waals surface area contributed by atoms with Gasteiger partial charge in [0.1, 0.15) is 0 Å². The molecule has 0 bridgehead atoms. The molecule has 0 aliphatic heterocycles. The third-order valence-electron chi connectivity index (χ3n) is 2.81. The van der Waals surface area contributed by atoms with Crippen molar-refractivity contribution in [2.75, 3.05) is 27.4 Å². The van der Waals surface area contributed by atoms with Crippen LogP contribution in [0.15, 0.2) is 22.4 Å². The van der Waals surface area contributed by atoms with E-state index in [0.717, 1.165) is 0 Å². The van der Waals surface area contributed by atoms with Gasteiger partial charge in [0.05, 0.1) is 32.1 Å². The van der Waals surface area contributed by atoms with Crippen molar-refractivity contribution in [3.05, 3.63) is 38.6 Å². The molecule has 10 heteroatoms. The third-order valence-corrected chi connectivity index (χ3v) is 2.81. The van der Waals surface area contributed by atoms with E-state index in [0.29, 0.717) is 37.5 Å². The maximum absolute atomic E-state index is 11.7. The summed E-state index contributed by atoms with van der Waals surface area (Å²) >= 11 is 0. The summed E-state index contributed by atoms with van der Waals surface area (Å²) < 4.78 is 15.4. The van der Waals surface area contributed by atoms with Crippen LogP contribution in [0.4, 0.5) is 5.69 Å². The molecule has 0 aliphatic rings. The van der Waals surface area contributed by atoms with Crippen molar-refractivity contribution in [2.24, 2.45) is 10.2 Å². The van der Waals surface area contributed by atoms with E-state index in [1.165, 1.54) is 26.4 Å². The van der Waals surface area contributed by atoms with Gasteiger partial charge >= 0.3 is 5.97 Å². The summed E-state index contributed by atoms with van der Waals surface area (Å²) in [5, 5.41) is 6.89. The van der Waals surface area contributed by atoms with Gasteiger partial charge in [-0.1, -0.05) is 10.2 Å². The van der Waals surface area contributed by atoms with Gasteiger partial charge in [-0.05, 0) is 36.0 Å². The number of azide groups is 2. The Bertz CT molecular complexity index is 650. The number of esters is 1. The molecular weight excluding hydrogens is 304 g/mol. The van der Waals surface area contributed by atoms with Gasteiger partial charge in [-0.25, -0.2) is 4.79 Å². The molecule has 0 aliphatic carbocycles. The van der Waals surface area contributed by atoms with Crippen LogP contribution in [0.3, 0.4) is 0 Å². The van der Waals surface area contributed by atoms with Crippen LogP contribution in [0.5, 0.6) is 11.5 Å². The van der Waals surface area contributed by atoms with Gasteiger partial charge in [0.15, 0.2) is 11.5 Å². The van der Waals surface area contributed by atoms with E-state index in [9.17, 15) is 4.79 Å². The predicted molar refractivity (Wildman–Crippen MR) is 81.9 cm³/mol. The minimum absolute atomic E-state index is 0.0813. The molecule has 0 spiro atoms. The molecule has 10 nitrogen and oxygen atoms in total. The number of hydrogen-bond donors (Lipinski definition) is 0. The molecule has 0 unspecified atom stereocenters. The van der Waals surface area contributed by atoms with E-state index < -0.39 is 5.97 Å². The minimum atomic E-state index is -0.647. The lowest BCUT2D eigenvalue weighted by molar-refractivity contribution is 0.0601. The van der Waals surface area contributed by atoms with Gasteiger partial charge in [-0.15, -0.1) is 0 Å². The van der Waals surface area contributed by atoms with Crippen LogP contribution in [0.1, 0.15) is 23.2 Å². The van der Waals surface area contributed by atoms with Gasteiger partial charge in [0.2, 0.25) is 0 Å². The highest BCUT2D eigenvalue weighted by atomic mass is 16.5. The lowest BCUT2D eigenvalue weighted by atomic mass is 10.1. The zero-order valence-electron chi connectivity index (χ0n) is 12.8. The summed E-state index contributed by atoms with van der Waals surface area (Å²) in [4.78, 5) is 17.1. The van der Waals surface area contributed by atoms with Crippen molar-refractivity contribution in [1.82, 2.24) is 0 Å². The Morgan fingerprint density at radius 2 is 1.96 bits per heavy atom. The maximum Gasteiger partial charge on any atom is 0.338 e. The first-order valence-electron chi connectivity index (χ1n) is 6.67. The summed E-state index contributed by atoms with van der Waals surface area (Å²) in [6, 6.07) is 2.81. The van der Waals surface area contributed by atoms with Crippen molar-refractivity contribution in [3.63, 3.8) is 0 Å². The fourth-order valence-corrected chi connectivity index (χ4v) is 1.74. The second-order valence-electron chi connectivity index (χ2n) is 4.21. The van der Waals surface area contributed by atoms with Gasteiger partial charge in [-0.3, -0.25) is 0 Å². The van der Waals surface area contributed by atoms with E-state index in [4.69, 9.17) is 20.5 Å². The van der Waals surface area contributed by atoms with Crippen LogP contribution in [-0.4, -0.2) is 33.3 Å². The first-order chi connectivity index (χ1) is 11.2. The lowest BCUT2D eigenvalue weighted by Gasteiger charge is -2.13. The Kier molecular flexibility index (Phi) is 7.63. The van der Waals surface area contributed by atoms with E-state index in [1.807, 2.05) is 0 Å². The monoisotopic (exact) mass is 320 g/mol. The molecule has 0 amide bonds. The lowest BCUT2D eigenvalue weighted by Crippen LogP contribution is -2.05. The Hall–Kier alpha value is -3.09. The van der Waals surface area contributed by atoms with Gasteiger partial charge in [0, 0.05) is 16.4 Å². The van der Waals surface area contributed by atoms with Crippen LogP contribution >= 0.6 is 0 Å². The molecule has 0 saturated heterocycles. The number of ether oxygens (including phenoxy) is 3. The number of benzene rings is 1. The predicted octanol–water partition coefficient (Wildman–Crippen LogP) is 3.89. The molecule has 0 fully saturated rings. The molecule has 0 saturated carbocycles. The number of rotatable bonds is 9. The highest BCUT2D eigenvalue weighted by Crippen LogP contribution is 2.35. The molecule has 0 atom stereocenters. The SMILES string of the molecule is COC(=O)c1cc(OC)c(OCCCCN=[N+]=[N-])cc1N=[N+]=[N-]. The summed E-state index contributed by atoms with van der Waals surface area (Å²) in [5.41, 5.74) is 16.9. The zero-order chi connectivity index (χ0) is 17.1. The summed E-state index contributed by atoms with van der Waals surface area (Å²) in [5.74, 6) is 0.00953. The molecule has 1 aromatic carbocycles. The number of carbonyl (C=O) groups excluding carboxylic acids is 1. The standard InChI is InChI=1S/C13H16N6O4/c1-21-11-7-9(13(20)22-2)10(17-19-15)8-12(11)23-6-4-3-5-16-18-14/h7-8H,3-6H2,1-2H3. The normalized spacial score (nSPS) is 9.30. The van der Waals surface area contributed by atoms with E-state index >= 15 is 0 Å². The first kappa shape index (κ1) is 18.0. The summed E-state index contributed by atoms with van der Waals surface area (Å²) in [6.07, 6.45) is 1.34. The van der Waals surface area contributed by atoms with Crippen molar-refractivity contribution in [3.8, 4) is 11.5 Å². The molecular formula is C13H16N6O4. The maximum atomic E-state index is 11.7. The van der Waals surface area contributed by atoms with E-state index in [1.54, 1.807) is 0 Å². The number of unbranched alkanes of at least 4 members (excludes halogenated alkanes) is 1. The third kappa shape index (κ3) is 5.31. The Morgan fingerprint density at radius 1 is 1.17 bits per heavy atom. The van der Waals surface area contributed by atoms with Crippen LogP contribution in [0, 0.1) is 0 Å². The number of carbonyl (C=O) groups is 1. The summed E-state index contributed by atoms with van der Waals surface area (Å²) in [6.45, 7) is 0.743. The second-order valence-corrected chi connectivity index (χ2v) is 4.21. The van der Waals surface area contributed by atoms with Crippen LogP contribution < -0.4 is 9.47 Å². The van der Waals surface area contributed by atoms with E-state index in [2.05, 4.69) is 24.8 Å². The molecule has 0 N–H and O–H groups in total. The Morgan fingerprint density at radius 3 is 2.57 bits per heavy atom. The molecule has 1 aromatic rings. The average molecular weight is 320 g/mol.